The van der Waals surface area contributed by atoms with E-state index >= 15 is 0 Å². The molecule has 1 atom stereocenters. The lowest BCUT2D eigenvalue weighted by molar-refractivity contribution is -0.141. The average Bonchev–Trinajstić information content (AvgIpc) is 3.39. The number of aliphatic hydroxyl groups excluding tert-OH is 1. The Kier molecular flexibility index (Phi) is 5.98. The van der Waals surface area contributed by atoms with Crippen molar-refractivity contribution in [3.05, 3.63) is 65.2 Å². The lowest BCUT2D eigenvalue weighted by Gasteiger charge is -2.30. The zero-order chi connectivity index (χ0) is 22.0. The molecule has 1 aliphatic carbocycles. The largest absolute Gasteiger partial charge is 0.508 e. The summed E-state index contributed by atoms with van der Waals surface area (Å²) < 4.78 is 5.59. The van der Waals surface area contributed by atoms with Gasteiger partial charge in [0, 0.05) is 11.6 Å². The van der Waals surface area contributed by atoms with Crippen LogP contribution in [-0.2, 0) is 9.59 Å². The van der Waals surface area contributed by atoms with Crippen LogP contribution in [0, 0.1) is 0 Å². The van der Waals surface area contributed by atoms with Gasteiger partial charge in [-0.1, -0.05) is 31.9 Å². The average molecular weight is 421 g/mol. The van der Waals surface area contributed by atoms with E-state index in [1.807, 2.05) is 6.92 Å². The molecule has 0 spiro atoms. The molecule has 2 fully saturated rings. The van der Waals surface area contributed by atoms with Gasteiger partial charge in [0.15, 0.2) is 0 Å². The Morgan fingerprint density at radius 1 is 1.10 bits per heavy atom. The number of hydrogen-bond acceptors (Lipinski definition) is 5. The Hall–Kier alpha value is -3.28. The van der Waals surface area contributed by atoms with Gasteiger partial charge in [0.1, 0.15) is 17.3 Å². The minimum atomic E-state index is -0.730. The van der Waals surface area contributed by atoms with Crippen LogP contribution >= 0.6 is 0 Å². The first-order valence-electron chi connectivity index (χ1n) is 10.8. The lowest BCUT2D eigenvalue weighted by Crippen LogP contribution is -2.37. The number of ketones is 1. The molecule has 31 heavy (non-hydrogen) atoms. The molecule has 1 amide bonds. The molecule has 2 aromatic carbocycles. The molecule has 6 nitrogen and oxygen atoms in total. The number of carbonyl (C=O) groups excluding carboxylic acids is 2. The number of nitrogens with zero attached hydrogens (tertiary/aromatic N) is 1. The molecule has 2 aliphatic rings. The molecular weight excluding hydrogens is 394 g/mol. The number of phenols is 1. The number of likely N-dealkylation sites (tertiary alicyclic amines) is 1. The highest BCUT2D eigenvalue weighted by Crippen LogP contribution is 2.44. The van der Waals surface area contributed by atoms with E-state index in [2.05, 4.69) is 0 Å². The highest BCUT2D eigenvalue weighted by molar-refractivity contribution is 6.46. The Morgan fingerprint density at radius 3 is 2.45 bits per heavy atom. The third kappa shape index (κ3) is 4.02. The Balaban J connectivity index is 1.79. The standard InChI is InChI=1S/C25H27NO5/c1-2-14-31-20-12-10-16(11-13-20)23(28)21-22(17-6-5-9-19(27)15-17)26(25(30)24(21)29)18-7-3-4-8-18/h5-6,9-13,15,18,22,27-28H,2-4,7-8,14H2,1H3/b23-21-. The van der Waals surface area contributed by atoms with E-state index in [1.54, 1.807) is 53.4 Å². The van der Waals surface area contributed by atoms with Crippen LogP contribution in [0.1, 0.15) is 56.2 Å². The molecule has 2 N–H and O–H groups in total. The number of hydrogen-bond donors (Lipinski definition) is 2. The second kappa shape index (κ2) is 8.84. The van der Waals surface area contributed by atoms with Crippen molar-refractivity contribution in [2.24, 2.45) is 0 Å². The van der Waals surface area contributed by atoms with Crippen molar-refractivity contribution in [1.29, 1.82) is 0 Å². The monoisotopic (exact) mass is 421 g/mol. The van der Waals surface area contributed by atoms with Gasteiger partial charge in [-0.2, -0.15) is 0 Å². The van der Waals surface area contributed by atoms with Gasteiger partial charge in [-0.05, 0) is 61.2 Å². The van der Waals surface area contributed by atoms with Crippen LogP contribution in [0.4, 0.5) is 0 Å². The molecule has 4 rings (SSSR count). The van der Waals surface area contributed by atoms with E-state index < -0.39 is 17.7 Å². The second-order valence-corrected chi connectivity index (χ2v) is 8.11. The summed E-state index contributed by atoms with van der Waals surface area (Å²) >= 11 is 0. The number of phenolic OH excluding ortho intramolecular Hbond substituents is 1. The molecule has 0 aromatic heterocycles. The molecule has 1 saturated heterocycles. The van der Waals surface area contributed by atoms with Crippen molar-refractivity contribution < 1.29 is 24.5 Å². The first kappa shape index (κ1) is 21.0. The summed E-state index contributed by atoms with van der Waals surface area (Å²) in [5.41, 5.74) is 1.11. The zero-order valence-electron chi connectivity index (χ0n) is 17.6. The minimum Gasteiger partial charge on any atom is -0.508 e. The number of carbonyl (C=O) groups is 2. The SMILES string of the molecule is CCCOc1ccc(/C(O)=C2/C(=O)C(=O)N(C3CCCC3)C2c2cccc(O)c2)cc1. The Labute approximate surface area is 181 Å². The fourth-order valence-corrected chi connectivity index (χ4v) is 4.52. The van der Waals surface area contributed by atoms with Gasteiger partial charge in [-0.15, -0.1) is 0 Å². The van der Waals surface area contributed by atoms with Gasteiger partial charge < -0.3 is 19.8 Å². The highest BCUT2D eigenvalue weighted by Gasteiger charge is 2.49. The van der Waals surface area contributed by atoms with E-state index in [0.29, 0.717) is 23.5 Å². The summed E-state index contributed by atoms with van der Waals surface area (Å²) in [5, 5.41) is 21.1. The fourth-order valence-electron chi connectivity index (χ4n) is 4.52. The molecule has 0 bridgehead atoms. The maximum absolute atomic E-state index is 13.1. The van der Waals surface area contributed by atoms with Gasteiger partial charge in [0.05, 0.1) is 18.2 Å². The van der Waals surface area contributed by atoms with Crippen molar-refractivity contribution in [1.82, 2.24) is 4.90 Å². The van der Waals surface area contributed by atoms with Crippen LogP contribution in [0.25, 0.3) is 5.76 Å². The zero-order valence-corrected chi connectivity index (χ0v) is 17.6. The summed E-state index contributed by atoms with van der Waals surface area (Å²) in [7, 11) is 0. The molecule has 1 aliphatic heterocycles. The molecule has 6 heteroatoms. The first-order chi connectivity index (χ1) is 15.0. The van der Waals surface area contributed by atoms with Crippen molar-refractivity contribution in [2.75, 3.05) is 6.61 Å². The minimum absolute atomic E-state index is 0.0481. The van der Waals surface area contributed by atoms with Crippen LogP contribution in [0.2, 0.25) is 0 Å². The molecule has 162 valence electrons. The van der Waals surface area contributed by atoms with Crippen molar-refractivity contribution in [2.45, 2.75) is 51.1 Å². The fraction of sp³-hybridized carbons (Fsp3) is 0.360. The van der Waals surface area contributed by atoms with Crippen LogP contribution in [0.3, 0.4) is 0 Å². The third-order valence-corrected chi connectivity index (χ3v) is 5.98. The summed E-state index contributed by atoms with van der Waals surface area (Å²) in [5.74, 6) is -0.774. The highest BCUT2D eigenvalue weighted by atomic mass is 16.5. The van der Waals surface area contributed by atoms with Gasteiger partial charge in [-0.25, -0.2) is 0 Å². The predicted octanol–water partition coefficient (Wildman–Crippen LogP) is 4.55. The van der Waals surface area contributed by atoms with E-state index in [1.165, 1.54) is 0 Å². The summed E-state index contributed by atoms with van der Waals surface area (Å²) in [6.07, 6.45) is 4.53. The third-order valence-electron chi connectivity index (χ3n) is 5.98. The smallest absolute Gasteiger partial charge is 0.295 e. The summed E-state index contributed by atoms with van der Waals surface area (Å²) in [4.78, 5) is 27.7. The van der Waals surface area contributed by atoms with Gasteiger partial charge >= 0.3 is 0 Å². The molecule has 1 unspecified atom stereocenters. The normalized spacial score (nSPS) is 21.1. The topological polar surface area (TPSA) is 87.1 Å². The maximum Gasteiger partial charge on any atom is 0.295 e. The van der Waals surface area contributed by atoms with E-state index in [4.69, 9.17) is 4.74 Å². The number of amides is 1. The van der Waals surface area contributed by atoms with Gasteiger partial charge in [0.25, 0.3) is 11.7 Å². The van der Waals surface area contributed by atoms with Crippen LogP contribution in [0.15, 0.2) is 54.1 Å². The van der Waals surface area contributed by atoms with Gasteiger partial charge in [-0.3, -0.25) is 9.59 Å². The van der Waals surface area contributed by atoms with E-state index in [0.717, 1.165) is 32.1 Å². The quantitative estimate of drug-likeness (QED) is 0.406. The predicted molar refractivity (Wildman–Crippen MR) is 117 cm³/mol. The summed E-state index contributed by atoms with van der Waals surface area (Å²) in [6, 6.07) is 12.6. The van der Waals surface area contributed by atoms with Crippen LogP contribution in [-0.4, -0.2) is 39.5 Å². The molecule has 2 aromatic rings. The molecule has 0 radical (unpaired) electrons. The van der Waals surface area contributed by atoms with Gasteiger partial charge in [0.2, 0.25) is 0 Å². The van der Waals surface area contributed by atoms with E-state index in [9.17, 15) is 19.8 Å². The first-order valence-corrected chi connectivity index (χ1v) is 10.8. The Morgan fingerprint density at radius 2 is 1.81 bits per heavy atom. The number of benzene rings is 2. The number of Topliss-reactive ketones (excluding diaryl/α,β-unsaturated/α-hetero) is 1. The number of aliphatic hydroxyl groups is 1. The molecular formula is C25H27NO5. The molecule has 1 heterocycles. The molecule has 1 saturated carbocycles. The maximum atomic E-state index is 13.1. The number of ether oxygens (including phenoxy) is 1. The number of rotatable bonds is 6. The summed E-state index contributed by atoms with van der Waals surface area (Å²) in [6.45, 7) is 2.61. The van der Waals surface area contributed by atoms with Crippen LogP contribution < -0.4 is 4.74 Å². The second-order valence-electron chi connectivity index (χ2n) is 8.11. The van der Waals surface area contributed by atoms with Crippen molar-refractivity contribution in [3.8, 4) is 11.5 Å². The van der Waals surface area contributed by atoms with Crippen molar-refractivity contribution >= 4 is 17.4 Å². The van der Waals surface area contributed by atoms with Crippen molar-refractivity contribution in [3.63, 3.8) is 0 Å². The van der Waals surface area contributed by atoms with Crippen LogP contribution in [0.5, 0.6) is 11.5 Å². The lowest BCUT2D eigenvalue weighted by atomic mass is 9.94. The Bertz CT molecular complexity index is 1000. The number of aromatic hydroxyl groups is 1. The van der Waals surface area contributed by atoms with E-state index in [-0.39, 0.29) is 23.1 Å².